The SMILES string of the molecule is CC(C)(C)OC(=O)N(Cc1ccncc1F)c1nc(Cl)nn2cc(Br)cc12. The highest BCUT2D eigenvalue weighted by Gasteiger charge is 2.28. The third-order valence-corrected chi connectivity index (χ3v) is 4.03. The molecule has 7 nitrogen and oxygen atoms in total. The Bertz CT molecular complexity index is 1000. The standard InChI is InChI=1S/C17H16BrClFN5O2/c1-17(2,3)27-16(26)24(8-10-4-5-21-7-12(10)20)14-13-6-11(18)9-25(13)23-15(19)22-14/h4-7,9H,8H2,1-3H3. The van der Waals surface area contributed by atoms with Gasteiger partial charge in [0, 0.05) is 22.4 Å². The molecule has 0 aliphatic heterocycles. The predicted molar refractivity (Wildman–Crippen MR) is 102 cm³/mol. The molecule has 1 amide bonds. The maximum absolute atomic E-state index is 14.2. The van der Waals surface area contributed by atoms with Crippen molar-refractivity contribution < 1.29 is 13.9 Å². The fourth-order valence-electron chi connectivity index (χ4n) is 2.37. The molecule has 0 bridgehead atoms. The van der Waals surface area contributed by atoms with Gasteiger partial charge in [-0.1, -0.05) is 0 Å². The first-order valence-corrected chi connectivity index (χ1v) is 9.11. The Labute approximate surface area is 168 Å². The molecule has 0 aromatic carbocycles. The summed E-state index contributed by atoms with van der Waals surface area (Å²) in [4.78, 5) is 22.0. The van der Waals surface area contributed by atoms with Crippen molar-refractivity contribution in [2.75, 3.05) is 4.90 Å². The number of anilines is 1. The summed E-state index contributed by atoms with van der Waals surface area (Å²) in [6.07, 6.45) is 3.51. The molecular weight excluding hydrogens is 441 g/mol. The van der Waals surface area contributed by atoms with Gasteiger partial charge in [-0.3, -0.25) is 9.88 Å². The van der Waals surface area contributed by atoms with Gasteiger partial charge in [0.1, 0.15) is 16.9 Å². The lowest BCUT2D eigenvalue weighted by Gasteiger charge is -2.27. The van der Waals surface area contributed by atoms with E-state index >= 15 is 0 Å². The van der Waals surface area contributed by atoms with E-state index in [1.165, 1.54) is 21.7 Å². The van der Waals surface area contributed by atoms with Gasteiger partial charge in [-0.15, -0.1) is 5.10 Å². The molecule has 0 atom stereocenters. The molecule has 3 heterocycles. The van der Waals surface area contributed by atoms with Crippen LogP contribution < -0.4 is 4.90 Å². The molecule has 0 aliphatic rings. The van der Waals surface area contributed by atoms with Gasteiger partial charge in [0.05, 0.1) is 12.7 Å². The minimum absolute atomic E-state index is 0.0654. The number of pyridine rings is 1. The molecule has 3 aromatic heterocycles. The Kier molecular flexibility index (Phi) is 5.34. The number of carbonyl (C=O) groups excluding carboxylic acids is 1. The number of fused-ring (bicyclic) bond motifs is 1. The molecule has 0 aliphatic carbocycles. The molecule has 0 saturated carbocycles. The van der Waals surface area contributed by atoms with Crippen LogP contribution in [0.5, 0.6) is 0 Å². The average molecular weight is 457 g/mol. The van der Waals surface area contributed by atoms with Crippen molar-refractivity contribution in [2.45, 2.75) is 32.9 Å². The third kappa shape index (κ3) is 4.54. The molecule has 0 radical (unpaired) electrons. The van der Waals surface area contributed by atoms with E-state index in [0.29, 0.717) is 5.52 Å². The summed E-state index contributed by atoms with van der Waals surface area (Å²) in [7, 11) is 0. The van der Waals surface area contributed by atoms with E-state index in [1.54, 1.807) is 33.0 Å². The molecule has 10 heteroatoms. The first-order chi connectivity index (χ1) is 12.6. The fourth-order valence-corrected chi connectivity index (χ4v) is 2.94. The molecule has 142 valence electrons. The highest BCUT2D eigenvalue weighted by atomic mass is 79.9. The third-order valence-electron chi connectivity index (χ3n) is 3.44. The quantitative estimate of drug-likeness (QED) is 0.575. The highest BCUT2D eigenvalue weighted by Crippen LogP contribution is 2.28. The molecular formula is C17H16BrClFN5O2. The first kappa shape index (κ1) is 19.5. The van der Waals surface area contributed by atoms with Crippen LogP contribution in [0.4, 0.5) is 15.0 Å². The van der Waals surface area contributed by atoms with E-state index < -0.39 is 17.5 Å². The maximum Gasteiger partial charge on any atom is 0.416 e. The van der Waals surface area contributed by atoms with Crippen LogP contribution in [0.15, 0.2) is 35.2 Å². The maximum atomic E-state index is 14.2. The number of rotatable bonds is 3. The van der Waals surface area contributed by atoms with E-state index in [0.717, 1.165) is 10.7 Å². The predicted octanol–water partition coefficient (Wildman–Crippen LogP) is 4.62. The summed E-state index contributed by atoms with van der Waals surface area (Å²) in [5, 5.41) is 4.01. The van der Waals surface area contributed by atoms with Crippen molar-refractivity contribution in [1.82, 2.24) is 19.6 Å². The summed E-state index contributed by atoms with van der Waals surface area (Å²) < 4.78 is 21.8. The van der Waals surface area contributed by atoms with Crippen molar-refractivity contribution in [3.63, 3.8) is 0 Å². The number of carbonyl (C=O) groups is 1. The lowest BCUT2D eigenvalue weighted by molar-refractivity contribution is 0.0576. The van der Waals surface area contributed by atoms with Gasteiger partial charge in [0.15, 0.2) is 5.82 Å². The van der Waals surface area contributed by atoms with E-state index in [9.17, 15) is 9.18 Å². The van der Waals surface area contributed by atoms with Crippen LogP contribution in [0.25, 0.3) is 5.52 Å². The summed E-state index contributed by atoms with van der Waals surface area (Å²) in [6, 6.07) is 3.21. The molecule has 3 aromatic rings. The lowest BCUT2D eigenvalue weighted by Crippen LogP contribution is -2.37. The van der Waals surface area contributed by atoms with Crippen molar-refractivity contribution in [2.24, 2.45) is 0 Å². The molecule has 27 heavy (non-hydrogen) atoms. The second kappa shape index (κ2) is 7.40. The molecule has 0 saturated heterocycles. The van der Waals surface area contributed by atoms with Crippen LogP contribution in [-0.2, 0) is 11.3 Å². The Morgan fingerprint density at radius 2 is 2.19 bits per heavy atom. The summed E-state index contributed by atoms with van der Waals surface area (Å²) >= 11 is 9.39. The summed E-state index contributed by atoms with van der Waals surface area (Å²) in [5.74, 6) is -0.343. The van der Waals surface area contributed by atoms with E-state index in [1.807, 2.05) is 0 Å². The number of aromatic nitrogens is 4. The smallest absolute Gasteiger partial charge is 0.416 e. The average Bonchev–Trinajstić information content (AvgIpc) is 2.91. The van der Waals surface area contributed by atoms with E-state index in [4.69, 9.17) is 16.3 Å². The Morgan fingerprint density at radius 1 is 1.44 bits per heavy atom. The topological polar surface area (TPSA) is 72.6 Å². The van der Waals surface area contributed by atoms with Gasteiger partial charge >= 0.3 is 6.09 Å². The van der Waals surface area contributed by atoms with E-state index in [2.05, 4.69) is 31.0 Å². The van der Waals surface area contributed by atoms with Crippen molar-refractivity contribution in [1.29, 1.82) is 0 Å². The Balaban J connectivity index is 2.12. The second-order valence-electron chi connectivity index (χ2n) is 6.73. The van der Waals surface area contributed by atoms with Gasteiger partial charge in [0.25, 0.3) is 0 Å². The van der Waals surface area contributed by atoms with Crippen LogP contribution in [-0.4, -0.2) is 31.3 Å². The molecule has 0 fully saturated rings. The monoisotopic (exact) mass is 455 g/mol. The van der Waals surface area contributed by atoms with Gasteiger partial charge < -0.3 is 4.74 Å². The first-order valence-electron chi connectivity index (χ1n) is 7.94. The fraction of sp³-hybridized carbons (Fsp3) is 0.294. The van der Waals surface area contributed by atoms with Crippen LogP contribution in [0, 0.1) is 5.82 Å². The number of nitrogens with zero attached hydrogens (tertiary/aromatic N) is 5. The van der Waals surface area contributed by atoms with Crippen molar-refractivity contribution >= 4 is 45.0 Å². The lowest BCUT2D eigenvalue weighted by atomic mass is 10.2. The normalized spacial score (nSPS) is 11.6. The Morgan fingerprint density at radius 3 is 2.85 bits per heavy atom. The van der Waals surface area contributed by atoms with Crippen LogP contribution in [0.1, 0.15) is 26.3 Å². The van der Waals surface area contributed by atoms with Gasteiger partial charge in [0.2, 0.25) is 5.28 Å². The zero-order chi connectivity index (χ0) is 19.8. The second-order valence-corrected chi connectivity index (χ2v) is 7.98. The van der Waals surface area contributed by atoms with E-state index in [-0.39, 0.29) is 23.2 Å². The van der Waals surface area contributed by atoms with Gasteiger partial charge in [-0.25, -0.2) is 13.7 Å². The number of hydrogen-bond acceptors (Lipinski definition) is 5. The molecule has 0 N–H and O–H groups in total. The van der Waals surface area contributed by atoms with Gasteiger partial charge in [-0.05, 0) is 60.4 Å². The van der Waals surface area contributed by atoms with Crippen molar-refractivity contribution in [3.8, 4) is 0 Å². The number of hydrogen-bond donors (Lipinski definition) is 0. The van der Waals surface area contributed by atoms with Crippen LogP contribution >= 0.6 is 27.5 Å². The molecule has 0 spiro atoms. The summed E-state index contributed by atoms with van der Waals surface area (Å²) in [6.45, 7) is 5.11. The molecule has 3 rings (SSSR count). The number of amides is 1. The zero-order valence-electron chi connectivity index (χ0n) is 14.8. The van der Waals surface area contributed by atoms with Gasteiger partial charge in [-0.2, -0.15) is 4.98 Å². The number of ether oxygens (including phenoxy) is 1. The van der Waals surface area contributed by atoms with Crippen LogP contribution in [0.2, 0.25) is 5.28 Å². The Hall–Kier alpha value is -2.26. The highest BCUT2D eigenvalue weighted by molar-refractivity contribution is 9.10. The van der Waals surface area contributed by atoms with Crippen LogP contribution in [0.3, 0.4) is 0 Å². The van der Waals surface area contributed by atoms with Crippen molar-refractivity contribution in [3.05, 3.63) is 51.9 Å². The molecule has 0 unspecified atom stereocenters. The summed E-state index contributed by atoms with van der Waals surface area (Å²) in [5.41, 5.74) is 0.0166. The largest absolute Gasteiger partial charge is 0.443 e. The number of halogens is 3. The minimum Gasteiger partial charge on any atom is -0.443 e. The minimum atomic E-state index is -0.748. The zero-order valence-corrected chi connectivity index (χ0v) is 17.1.